The lowest BCUT2D eigenvalue weighted by Crippen LogP contribution is -2.47. The number of carbonyl (C=O) groups is 2. The minimum absolute atomic E-state index is 0.178. The third kappa shape index (κ3) is 6.63. The van der Waals surface area contributed by atoms with Crippen molar-refractivity contribution in [3.63, 3.8) is 0 Å². The summed E-state index contributed by atoms with van der Waals surface area (Å²) in [5, 5.41) is 16.8. The van der Waals surface area contributed by atoms with Crippen LogP contribution in [0.15, 0.2) is 84.7 Å². The maximum Gasteiger partial charge on any atom is 0.331 e. The first-order chi connectivity index (χ1) is 23.1. The number of amides is 3. The predicted octanol–water partition coefficient (Wildman–Crippen LogP) is 8.05. The zero-order chi connectivity index (χ0) is 34.0. The third-order valence-corrected chi connectivity index (χ3v) is 9.51. The maximum absolute atomic E-state index is 13.8. The van der Waals surface area contributed by atoms with Gasteiger partial charge in [-0.2, -0.15) is 5.26 Å². The SMILES string of the molecule is C=C(/C(C#N)=C/C(C)(C)OCC)N1CCC[C@@H](NC(=O)c2sc3nccc4c3c2NC(=O)N4c2ccc(Oc3ccccc3)cc2C)C1. The molecule has 48 heavy (non-hydrogen) atoms. The third-order valence-electron chi connectivity index (χ3n) is 8.42. The second-order valence-corrected chi connectivity index (χ2v) is 13.4. The van der Waals surface area contributed by atoms with Gasteiger partial charge in [0.1, 0.15) is 27.3 Å². The molecule has 0 saturated carbocycles. The number of nitrogens with zero attached hydrogens (tertiary/aromatic N) is 4. The molecule has 2 aromatic carbocycles. The van der Waals surface area contributed by atoms with Crippen molar-refractivity contribution >= 4 is 50.6 Å². The van der Waals surface area contributed by atoms with Gasteiger partial charge in [0.15, 0.2) is 0 Å². The number of hydrogen-bond donors (Lipinski definition) is 2. The molecule has 0 bridgehead atoms. The summed E-state index contributed by atoms with van der Waals surface area (Å²) in [6.07, 6.45) is 5.06. The number of nitrogens with one attached hydrogen (secondary N) is 2. The van der Waals surface area contributed by atoms with Crippen LogP contribution in [0.5, 0.6) is 11.5 Å². The van der Waals surface area contributed by atoms with Gasteiger partial charge in [-0.25, -0.2) is 9.78 Å². The average molecular weight is 663 g/mol. The van der Waals surface area contributed by atoms with Crippen molar-refractivity contribution in [3.05, 3.63) is 95.2 Å². The fourth-order valence-corrected chi connectivity index (χ4v) is 7.28. The van der Waals surface area contributed by atoms with Crippen LogP contribution in [0.1, 0.15) is 48.8 Å². The molecule has 2 N–H and O–H groups in total. The normalized spacial score (nSPS) is 16.4. The van der Waals surface area contributed by atoms with Crippen LogP contribution in [-0.4, -0.2) is 53.2 Å². The molecule has 2 aliphatic heterocycles. The molecule has 1 atom stereocenters. The number of para-hydroxylation sites is 1. The molecule has 4 aromatic rings. The molecule has 6 rings (SSSR count). The molecule has 0 aliphatic carbocycles. The number of rotatable bonds is 10. The molecule has 0 radical (unpaired) electrons. The van der Waals surface area contributed by atoms with Crippen molar-refractivity contribution in [1.82, 2.24) is 15.2 Å². The van der Waals surface area contributed by atoms with Crippen LogP contribution in [0.25, 0.3) is 10.2 Å². The smallest absolute Gasteiger partial charge is 0.331 e. The van der Waals surface area contributed by atoms with Crippen molar-refractivity contribution in [2.24, 2.45) is 0 Å². The quantitative estimate of drug-likeness (QED) is 0.130. The first-order valence-electron chi connectivity index (χ1n) is 16.0. The Morgan fingerprint density at radius 1 is 1.21 bits per heavy atom. The number of urea groups is 1. The van der Waals surface area contributed by atoms with Gasteiger partial charge in [0.2, 0.25) is 0 Å². The molecule has 11 heteroatoms. The monoisotopic (exact) mass is 662 g/mol. The number of piperidine rings is 1. The highest BCUT2D eigenvalue weighted by Crippen LogP contribution is 2.46. The number of aromatic nitrogens is 1. The number of allylic oxidation sites excluding steroid dienone is 1. The van der Waals surface area contributed by atoms with Gasteiger partial charge in [0.05, 0.1) is 33.6 Å². The number of likely N-dealkylation sites (tertiary alicyclic amines) is 1. The van der Waals surface area contributed by atoms with Crippen LogP contribution >= 0.6 is 11.3 Å². The minimum Gasteiger partial charge on any atom is -0.457 e. The molecule has 2 aliphatic rings. The van der Waals surface area contributed by atoms with Gasteiger partial charge in [-0.15, -0.1) is 11.3 Å². The Kier molecular flexibility index (Phi) is 9.22. The summed E-state index contributed by atoms with van der Waals surface area (Å²) in [4.78, 5) is 36.8. The topological polar surface area (TPSA) is 120 Å². The zero-order valence-electron chi connectivity index (χ0n) is 27.5. The number of pyridine rings is 1. The van der Waals surface area contributed by atoms with Gasteiger partial charge >= 0.3 is 6.03 Å². The van der Waals surface area contributed by atoms with Gasteiger partial charge in [-0.05, 0) is 88.6 Å². The molecule has 3 amide bonds. The number of thiophene rings is 1. The summed E-state index contributed by atoms with van der Waals surface area (Å²) in [6.45, 7) is 13.6. The average Bonchev–Trinajstić information content (AvgIpc) is 3.44. The predicted molar refractivity (Wildman–Crippen MR) is 189 cm³/mol. The van der Waals surface area contributed by atoms with E-state index in [1.54, 1.807) is 23.2 Å². The van der Waals surface area contributed by atoms with Gasteiger partial charge in [0.25, 0.3) is 5.91 Å². The minimum atomic E-state index is -0.611. The molecule has 1 saturated heterocycles. The number of ether oxygens (including phenoxy) is 2. The zero-order valence-corrected chi connectivity index (χ0v) is 28.3. The van der Waals surface area contributed by atoms with Gasteiger partial charge < -0.3 is 25.0 Å². The van der Waals surface area contributed by atoms with E-state index in [4.69, 9.17) is 9.47 Å². The Bertz CT molecular complexity index is 1960. The Labute approximate surface area is 284 Å². The molecule has 0 unspecified atom stereocenters. The Morgan fingerprint density at radius 2 is 2.00 bits per heavy atom. The second-order valence-electron chi connectivity index (χ2n) is 12.4. The molecule has 0 spiro atoms. The highest BCUT2D eigenvalue weighted by molar-refractivity contribution is 7.21. The van der Waals surface area contributed by atoms with E-state index in [0.29, 0.717) is 56.9 Å². The van der Waals surface area contributed by atoms with Gasteiger partial charge in [-0.1, -0.05) is 24.8 Å². The maximum atomic E-state index is 13.8. The van der Waals surface area contributed by atoms with Crippen LogP contribution in [0.2, 0.25) is 0 Å². The summed E-state index contributed by atoms with van der Waals surface area (Å²) in [5.41, 5.74) is 3.11. The number of anilines is 3. The van der Waals surface area contributed by atoms with Crippen LogP contribution in [-0.2, 0) is 4.74 Å². The van der Waals surface area contributed by atoms with E-state index in [1.807, 2.05) is 81.1 Å². The van der Waals surface area contributed by atoms with Crippen LogP contribution in [0.3, 0.4) is 0 Å². The molecule has 1 fully saturated rings. The second kappa shape index (κ2) is 13.5. The Morgan fingerprint density at radius 3 is 2.73 bits per heavy atom. The molecule has 246 valence electrons. The lowest BCUT2D eigenvalue weighted by atomic mass is 10.00. The fraction of sp³-hybridized carbons (Fsp3) is 0.297. The van der Waals surface area contributed by atoms with Crippen LogP contribution < -0.4 is 20.3 Å². The van der Waals surface area contributed by atoms with E-state index >= 15 is 0 Å². The summed E-state index contributed by atoms with van der Waals surface area (Å²) < 4.78 is 11.8. The van der Waals surface area contributed by atoms with E-state index in [-0.39, 0.29) is 18.0 Å². The molecule has 4 heterocycles. The van der Waals surface area contributed by atoms with Crippen molar-refractivity contribution in [1.29, 1.82) is 5.26 Å². The van der Waals surface area contributed by atoms with E-state index in [1.165, 1.54) is 11.3 Å². The van der Waals surface area contributed by atoms with Gasteiger partial charge in [0, 0.05) is 37.6 Å². The summed E-state index contributed by atoms with van der Waals surface area (Å²) >= 11 is 1.25. The van der Waals surface area contributed by atoms with Crippen LogP contribution in [0, 0.1) is 18.3 Å². The molecular weight excluding hydrogens is 625 g/mol. The molecular formula is C37H38N6O4S. The molecule has 2 aromatic heterocycles. The summed E-state index contributed by atoms with van der Waals surface area (Å²) in [6, 6.07) is 18.6. The summed E-state index contributed by atoms with van der Waals surface area (Å²) in [7, 11) is 0. The lowest BCUT2D eigenvalue weighted by Gasteiger charge is -2.36. The van der Waals surface area contributed by atoms with E-state index in [0.717, 1.165) is 36.1 Å². The highest BCUT2D eigenvalue weighted by Gasteiger charge is 2.34. The van der Waals surface area contributed by atoms with Crippen molar-refractivity contribution < 1.29 is 19.1 Å². The standard InChI is InChI=1S/C37H38N6O4S/c1-6-46-37(4,5)20-25(21-38)24(3)42-18-10-11-26(22-42)40-34(44)33-32-31-30(16-17-39-35(31)48-33)43(36(45)41-32)29-15-14-28(19-23(29)2)47-27-12-8-7-9-13-27/h7-9,12-17,19-20,26H,3,6,10-11,18,22H2,1-2,4-5H3,(H,40,44)(H,41,45)/b25-20+/t26-/m1/s1. The molecule has 10 nitrogen and oxygen atoms in total. The van der Waals surface area contributed by atoms with Gasteiger partial charge in [-0.3, -0.25) is 9.69 Å². The summed E-state index contributed by atoms with van der Waals surface area (Å²) in [5.74, 6) is 1.10. The van der Waals surface area contributed by atoms with E-state index in [9.17, 15) is 14.9 Å². The first-order valence-corrected chi connectivity index (χ1v) is 16.8. The number of aryl methyl sites for hydroxylation is 1. The fourth-order valence-electron chi connectivity index (χ4n) is 6.25. The van der Waals surface area contributed by atoms with Crippen molar-refractivity contribution in [3.8, 4) is 17.6 Å². The number of hydrogen-bond acceptors (Lipinski definition) is 8. The first kappa shape index (κ1) is 32.7. The largest absolute Gasteiger partial charge is 0.457 e. The van der Waals surface area contributed by atoms with E-state index < -0.39 is 5.60 Å². The highest BCUT2D eigenvalue weighted by atomic mass is 32.1. The van der Waals surface area contributed by atoms with Crippen molar-refractivity contribution in [2.75, 3.05) is 29.9 Å². The number of carbonyl (C=O) groups excluding carboxylic acids is 2. The Balaban J connectivity index is 1.22. The Hall–Kier alpha value is -5.18. The number of nitriles is 1. The number of benzene rings is 2. The van der Waals surface area contributed by atoms with Crippen molar-refractivity contribution in [2.45, 2.75) is 52.2 Å². The lowest BCUT2D eigenvalue weighted by molar-refractivity contribution is 0.0280. The van der Waals surface area contributed by atoms with Crippen LogP contribution in [0.4, 0.5) is 21.9 Å². The van der Waals surface area contributed by atoms with E-state index in [2.05, 4.69) is 28.3 Å².